The molecule has 0 radical (unpaired) electrons. The van der Waals surface area contributed by atoms with Crippen LogP contribution in [0.1, 0.15) is 12.5 Å². The van der Waals surface area contributed by atoms with Gasteiger partial charge in [0.25, 0.3) is 0 Å². The zero-order valence-electron chi connectivity index (χ0n) is 8.92. The molecule has 2 unspecified atom stereocenters. The van der Waals surface area contributed by atoms with Crippen molar-refractivity contribution in [3.63, 3.8) is 0 Å². The summed E-state index contributed by atoms with van der Waals surface area (Å²) in [4.78, 5) is 3.89. The standard InChI is InChI=1S/C10H16N2O2S/c1-8(15(2,13)14)10(11)7-9-3-5-12-6-4-9/h3-6,8,10H,7,11H2,1-2H3. The highest BCUT2D eigenvalue weighted by Crippen LogP contribution is 2.08. The Morgan fingerprint density at radius 2 is 1.93 bits per heavy atom. The van der Waals surface area contributed by atoms with E-state index in [1.165, 1.54) is 6.26 Å². The van der Waals surface area contributed by atoms with Crippen LogP contribution in [0.2, 0.25) is 0 Å². The third-order valence-electron chi connectivity index (χ3n) is 2.50. The first kappa shape index (κ1) is 12.1. The van der Waals surface area contributed by atoms with E-state index in [-0.39, 0.29) is 6.04 Å². The lowest BCUT2D eigenvalue weighted by Crippen LogP contribution is -2.39. The van der Waals surface area contributed by atoms with E-state index >= 15 is 0 Å². The molecule has 0 aromatic carbocycles. The summed E-state index contributed by atoms with van der Waals surface area (Å²) in [7, 11) is -3.06. The number of sulfone groups is 1. The minimum Gasteiger partial charge on any atom is -0.326 e. The fourth-order valence-electron chi connectivity index (χ4n) is 1.27. The van der Waals surface area contributed by atoms with Crippen molar-refractivity contribution in [3.05, 3.63) is 30.1 Å². The van der Waals surface area contributed by atoms with Crippen LogP contribution in [-0.2, 0) is 16.3 Å². The van der Waals surface area contributed by atoms with E-state index in [0.717, 1.165) is 5.56 Å². The molecule has 5 heteroatoms. The predicted octanol–water partition coefficient (Wildman–Crippen LogP) is 0.385. The summed E-state index contributed by atoms with van der Waals surface area (Å²) in [5.74, 6) is 0. The van der Waals surface area contributed by atoms with Crippen molar-refractivity contribution in [3.8, 4) is 0 Å². The Morgan fingerprint density at radius 1 is 1.40 bits per heavy atom. The molecule has 4 nitrogen and oxygen atoms in total. The van der Waals surface area contributed by atoms with Crippen LogP contribution < -0.4 is 5.73 Å². The summed E-state index contributed by atoms with van der Waals surface area (Å²) in [6, 6.07) is 3.31. The molecule has 0 saturated heterocycles. The maximum Gasteiger partial charge on any atom is 0.151 e. The molecule has 84 valence electrons. The zero-order chi connectivity index (χ0) is 11.5. The van der Waals surface area contributed by atoms with Crippen LogP contribution in [0, 0.1) is 0 Å². The van der Waals surface area contributed by atoms with Crippen molar-refractivity contribution in [1.82, 2.24) is 4.98 Å². The predicted molar refractivity (Wildman–Crippen MR) is 60.2 cm³/mol. The highest BCUT2D eigenvalue weighted by molar-refractivity contribution is 7.91. The summed E-state index contributed by atoms with van der Waals surface area (Å²) < 4.78 is 22.5. The first-order valence-corrected chi connectivity index (χ1v) is 6.70. The number of rotatable bonds is 4. The molecule has 0 aliphatic heterocycles. The van der Waals surface area contributed by atoms with Gasteiger partial charge in [0.1, 0.15) is 0 Å². The van der Waals surface area contributed by atoms with Crippen LogP contribution in [0.25, 0.3) is 0 Å². The monoisotopic (exact) mass is 228 g/mol. The third-order valence-corrected chi connectivity index (χ3v) is 4.20. The highest BCUT2D eigenvalue weighted by Gasteiger charge is 2.22. The lowest BCUT2D eigenvalue weighted by atomic mass is 10.1. The second-order valence-corrected chi connectivity index (χ2v) is 6.16. The van der Waals surface area contributed by atoms with Crippen molar-refractivity contribution in [1.29, 1.82) is 0 Å². The molecule has 1 aromatic heterocycles. The van der Waals surface area contributed by atoms with Gasteiger partial charge in [0.05, 0.1) is 5.25 Å². The highest BCUT2D eigenvalue weighted by atomic mass is 32.2. The van der Waals surface area contributed by atoms with Gasteiger partial charge in [-0.15, -0.1) is 0 Å². The molecule has 0 aliphatic carbocycles. The number of hydrogen-bond acceptors (Lipinski definition) is 4. The van der Waals surface area contributed by atoms with Crippen LogP contribution in [0.5, 0.6) is 0 Å². The summed E-state index contributed by atoms with van der Waals surface area (Å²) in [5.41, 5.74) is 6.84. The molecule has 0 amide bonds. The molecule has 0 bridgehead atoms. The fourth-order valence-corrected chi connectivity index (χ4v) is 2.01. The molecular formula is C10H16N2O2S. The maximum atomic E-state index is 11.3. The van der Waals surface area contributed by atoms with Crippen LogP contribution in [0.15, 0.2) is 24.5 Å². The van der Waals surface area contributed by atoms with Gasteiger partial charge in [-0.1, -0.05) is 0 Å². The minimum atomic E-state index is -3.06. The first-order chi connectivity index (χ1) is 6.91. The Labute approximate surface area is 90.4 Å². The molecule has 0 spiro atoms. The summed E-state index contributed by atoms with van der Waals surface area (Å²) >= 11 is 0. The van der Waals surface area contributed by atoms with E-state index in [1.807, 2.05) is 12.1 Å². The average Bonchev–Trinajstić information content (AvgIpc) is 2.16. The van der Waals surface area contributed by atoms with Crippen molar-refractivity contribution in [2.75, 3.05) is 6.26 Å². The number of aromatic nitrogens is 1. The van der Waals surface area contributed by atoms with Gasteiger partial charge >= 0.3 is 0 Å². The molecule has 1 rings (SSSR count). The summed E-state index contributed by atoms with van der Waals surface area (Å²) in [5, 5.41) is -0.523. The largest absolute Gasteiger partial charge is 0.326 e. The molecule has 2 atom stereocenters. The lowest BCUT2D eigenvalue weighted by molar-refractivity contribution is 0.562. The van der Waals surface area contributed by atoms with Gasteiger partial charge in [-0.3, -0.25) is 4.98 Å². The van der Waals surface area contributed by atoms with Crippen molar-refractivity contribution >= 4 is 9.84 Å². The minimum absolute atomic E-state index is 0.373. The molecule has 1 heterocycles. The summed E-state index contributed by atoms with van der Waals surface area (Å²) in [6.45, 7) is 1.64. The van der Waals surface area contributed by atoms with Gasteiger partial charge in [-0.05, 0) is 31.0 Å². The Balaban J connectivity index is 2.68. The number of nitrogens with two attached hydrogens (primary N) is 1. The van der Waals surface area contributed by atoms with Crippen LogP contribution in [0.4, 0.5) is 0 Å². The lowest BCUT2D eigenvalue weighted by Gasteiger charge is -2.17. The topological polar surface area (TPSA) is 73.0 Å². The van der Waals surface area contributed by atoms with Gasteiger partial charge < -0.3 is 5.73 Å². The molecule has 2 N–H and O–H groups in total. The normalized spacial score (nSPS) is 15.9. The maximum absolute atomic E-state index is 11.3. The Morgan fingerprint density at radius 3 is 2.40 bits per heavy atom. The smallest absolute Gasteiger partial charge is 0.151 e. The fraction of sp³-hybridized carbons (Fsp3) is 0.500. The van der Waals surface area contributed by atoms with Gasteiger partial charge in [-0.2, -0.15) is 0 Å². The first-order valence-electron chi connectivity index (χ1n) is 4.74. The van der Waals surface area contributed by atoms with E-state index in [1.54, 1.807) is 19.3 Å². The average molecular weight is 228 g/mol. The van der Waals surface area contributed by atoms with E-state index in [9.17, 15) is 8.42 Å². The van der Waals surface area contributed by atoms with Gasteiger partial charge in [0.2, 0.25) is 0 Å². The van der Waals surface area contributed by atoms with E-state index < -0.39 is 15.1 Å². The van der Waals surface area contributed by atoms with E-state index in [4.69, 9.17) is 5.73 Å². The Bertz CT molecular complexity index is 403. The SMILES string of the molecule is CC(C(N)Cc1ccncc1)S(C)(=O)=O. The van der Waals surface area contributed by atoms with Crippen LogP contribution in [0.3, 0.4) is 0 Å². The molecule has 0 saturated carbocycles. The van der Waals surface area contributed by atoms with Crippen molar-refractivity contribution in [2.24, 2.45) is 5.73 Å². The zero-order valence-corrected chi connectivity index (χ0v) is 9.74. The van der Waals surface area contributed by atoms with Crippen LogP contribution in [-0.4, -0.2) is 30.9 Å². The van der Waals surface area contributed by atoms with Crippen molar-refractivity contribution in [2.45, 2.75) is 24.6 Å². The Hall–Kier alpha value is -0.940. The number of nitrogens with zero attached hydrogens (tertiary/aromatic N) is 1. The Kier molecular flexibility index (Phi) is 3.82. The molecule has 0 fully saturated rings. The molecule has 15 heavy (non-hydrogen) atoms. The third kappa shape index (κ3) is 3.60. The second-order valence-electron chi connectivity index (χ2n) is 3.76. The molecule has 1 aromatic rings. The molecular weight excluding hydrogens is 212 g/mol. The number of hydrogen-bond donors (Lipinski definition) is 1. The summed E-state index contributed by atoms with van der Waals surface area (Å²) in [6.07, 6.45) is 5.11. The second kappa shape index (κ2) is 4.72. The quantitative estimate of drug-likeness (QED) is 0.808. The van der Waals surface area contributed by atoms with Crippen LogP contribution >= 0.6 is 0 Å². The van der Waals surface area contributed by atoms with Gasteiger partial charge in [0.15, 0.2) is 9.84 Å². The van der Waals surface area contributed by atoms with Gasteiger partial charge in [-0.25, -0.2) is 8.42 Å². The molecule has 0 aliphatic rings. The van der Waals surface area contributed by atoms with Crippen molar-refractivity contribution < 1.29 is 8.42 Å². The van der Waals surface area contributed by atoms with E-state index in [0.29, 0.717) is 6.42 Å². The van der Waals surface area contributed by atoms with E-state index in [2.05, 4.69) is 4.98 Å². The number of pyridine rings is 1. The van der Waals surface area contributed by atoms with Gasteiger partial charge in [0, 0.05) is 24.7 Å².